The summed E-state index contributed by atoms with van der Waals surface area (Å²) in [5, 5.41) is 13.0. The molecule has 1 aliphatic carbocycles. The van der Waals surface area contributed by atoms with E-state index in [9.17, 15) is 0 Å². The summed E-state index contributed by atoms with van der Waals surface area (Å²) in [6.07, 6.45) is 4.24. The van der Waals surface area contributed by atoms with Gasteiger partial charge in [0.05, 0.1) is 12.7 Å². The van der Waals surface area contributed by atoms with Crippen molar-refractivity contribution in [1.82, 2.24) is 20.5 Å². The van der Waals surface area contributed by atoms with E-state index >= 15 is 0 Å². The van der Waals surface area contributed by atoms with Gasteiger partial charge in [0.1, 0.15) is 10.8 Å². The minimum Gasteiger partial charge on any atom is -0.428 e. The Kier molecular flexibility index (Phi) is 3.21. The molecule has 0 bridgehead atoms. The van der Waals surface area contributed by atoms with Crippen LogP contribution in [0.1, 0.15) is 23.5 Å². The number of nitrogens with zero attached hydrogens (tertiary/aromatic N) is 3. The fraction of sp³-hybridized carbons (Fsp3) is 0.417. The molecular formula is C12H14N4OS. The minimum atomic E-state index is 0.563. The molecule has 2 aromatic heterocycles. The van der Waals surface area contributed by atoms with Gasteiger partial charge in [0.15, 0.2) is 0 Å². The molecule has 2 heterocycles. The first kappa shape index (κ1) is 11.6. The molecule has 18 heavy (non-hydrogen) atoms. The van der Waals surface area contributed by atoms with Gasteiger partial charge < -0.3 is 10.1 Å². The predicted molar refractivity (Wildman–Crippen MR) is 68.8 cm³/mol. The van der Waals surface area contributed by atoms with Crippen molar-refractivity contribution in [2.45, 2.75) is 32.4 Å². The summed E-state index contributed by atoms with van der Waals surface area (Å²) in [7, 11) is 0. The molecule has 1 saturated carbocycles. The third kappa shape index (κ3) is 3.02. The van der Waals surface area contributed by atoms with E-state index in [1.807, 2.05) is 19.1 Å². The molecule has 0 atom stereocenters. The highest BCUT2D eigenvalue weighted by molar-refractivity contribution is 7.13. The van der Waals surface area contributed by atoms with Crippen LogP contribution in [0.2, 0.25) is 0 Å². The Hall–Kier alpha value is -1.53. The Morgan fingerprint density at radius 3 is 3.00 bits per heavy atom. The number of nitrogens with one attached hydrogen (secondary N) is 1. The lowest BCUT2D eigenvalue weighted by molar-refractivity contribution is 0.470. The van der Waals surface area contributed by atoms with Gasteiger partial charge in [0, 0.05) is 11.7 Å². The summed E-state index contributed by atoms with van der Waals surface area (Å²) in [4.78, 5) is 4.17. The third-order valence-corrected chi connectivity index (χ3v) is 3.46. The van der Waals surface area contributed by atoms with Crippen LogP contribution >= 0.6 is 11.3 Å². The molecule has 0 saturated heterocycles. The maximum atomic E-state index is 5.59. The second-order valence-electron chi connectivity index (χ2n) is 4.35. The summed E-state index contributed by atoms with van der Waals surface area (Å²) in [5.41, 5.74) is 0.967. The van der Waals surface area contributed by atoms with Crippen LogP contribution in [0, 0.1) is 6.92 Å². The highest BCUT2D eigenvalue weighted by Crippen LogP contribution is 2.25. The van der Waals surface area contributed by atoms with Gasteiger partial charge in [-0.05, 0) is 31.9 Å². The van der Waals surface area contributed by atoms with Crippen molar-refractivity contribution in [1.29, 1.82) is 0 Å². The summed E-state index contributed by atoms with van der Waals surface area (Å²) < 4.78 is 5.59. The molecule has 0 aliphatic heterocycles. The molecule has 0 unspecified atom stereocenters. The van der Waals surface area contributed by atoms with Crippen molar-refractivity contribution in [3.8, 4) is 10.9 Å². The Morgan fingerprint density at radius 1 is 1.39 bits per heavy atom. The van der Waals surface area contributed by atoms with E-state index in [0.717, 1.165) is 17.2 Å². The van der Waals surface area contributed by atoms with Crippen molar-refractivity contribution in [3.63, 3.8) is 0 Å². The third-order valence-electron chi connectivity index (χ3n) is 2.66. The normalized spacial score (nSPS) is 14.7. The van der Waals surface area contributed by atoms with E-state index in [4.69, 9.17) is 4.74 Å². The molecule has 1 N–H and O–H groups in total. The first-order valence-electron chi connectivity index (χ1n) is 5.96. The zero-order valence-electron chi connectivity index (χ0n) is 10.1. The van der Waals surface area contributed by atoms with Gasteiger partial charge in [0.2, 0.25) is 0 Å². The second-order valence-corrected chi connectivity index (χ2v) is 5.38. The zero-order chi connectivity index (χ0) is 12.4. The lowest BCUT2D eigenvalue weighted by atomic mass is 10.4. The standard InChI is InChI=1S/C12H14N4OS/c1-8-2-5-10(6-13-8)17-12-16-15-11(18-12)7-14-9-3-4-9/h2,5-6,9,14H,3-4,7H2,1H3. The molecule has 1 aliphatic rings. The van der Waals surface area contributed by atoms with Crippen molar-refractivity contribution in [2.75, 3.05) is 0 Å². The molecule has 0 radical (unpaired) electrons. The molecule has 5 nitrogen and oxygen atoms in total. The maximum absolute atomic E-state index is 5.59. The average Bonchev–Trinajstić information content (AvgIpc) is 3.10. The fourth-order valence-electron chi connectivity index (χ4n) is 1.49. The Balaban J connectivity index is 1.60. The van der Waals surface area contributed by atoms with E-state index in [1.165, 1.54) is 24.2 Å². The second kappa shape index (κ2) is 4.99. The summed E-state index contributed by atoms with van der Waals surface area (Å²) >= 11 is 1.47. The van der Waals surface area contributed by atoms with Gasteiger partial charge >= 0.3 is 0 Å². The summed E-state index contributed by atoms with van der Waals surface area (Å²) in [5.74, 6) is 0.693. The largest absolute Gasteiger partial charge is 0.428 e. The molecule has 1 fully saturated rings. The number of aromatic nitrogens is 3. The summed E-state index contributed by atoms with van der Waals surface area (Å²) in [6.45, 7) is 2.72. The van der Waals surface area contributed by atoms with Crippen LogP contribution in [-0.4, -0.2) is 21.2 Å². The van der Waals surface area contributed by atoms with E-state index in [-0.39, 0.29) is 0 Å². The maximum Gasteiger partial charge on any atom is 0.299 e. The fourth-order valence-corrected chi connectivity index (χ4v) is 2.14. The SMILES string of the molecule is Cc1ccc(Oc2nnc(CNC3CC3)s2)cn1. The number of ether oxygens (including phenoxy) is 1. The van der Waals surface area contributed by atoms with E-state index in [0.29, 0.717) is 17.0 Å². The lowest BCUT2D eigenvalue weighted by Gasteiger charge is -1.99. The number of hydrogen-bond donors (Lipinski definition) is 1. The quantitative estimate of drug-likeness (QED) is 0.895. The van der Waals surface area contributed by atoms with Crippen LogP contribution in [0.25, 0.3) is 0 Å². The van der Waals surface area contributed by atoms with Crippen molar-refractivity contribution in [3.05, 3.63) is 29.0 Å². The minimum absolute atomic E-state index is 0.563. The van der Waals surface area contributed by atoms with Gasteiger partial charge in [0.25, 0.3) is 5.19 Å². The van der Waals surface area contributed by atoms with Crippen LogP contribution < -0.4 is 10.1 Å². The van der Waals surface area contributed by atoms with Gasteiger partial charge in [-0.25, -0.2) is 0 Å². The molecular weight excluding hydrogens is 248 g/mol. The molecule has 0 amide bonds. The van der Waals surface area contributed by atoms with Crippen molar-refractivity contribution in [2.24, 2.45) is 0 Å². The van der Waals surface area contributed by atoms with E-state index in [1.54, 1.807) is 6.20 Å². The van der Waals surface area contributed by atoms with Crippen LogP contribution in [-0.2, 0) is 6.54 Å². The number of aryl methyl sites for hydroxylation is 1. The Morgan fingerprint density at radius 2 is 2.28 bits per heavy atom. The topological polar surface area (TPSA) is 59.9 Å². The molecule has 94 valence electrons. The first-order chi connectivity index (χ1) is 8.79. The predicted octanol–water partition coefficient (Wildman–Crippen LogP) is 2.29. The van der Waals surface area contributed by atoms with Gasteiger partial charge in [-0.2, -0.15) is 0 Å². The monoisotopic (exact) mass is 262 g/mol. The van der Waals surface area contributed by atoms with E-state index < -0.39 is 0 Å². The smallest absolute Gasteiger partial charge is 0.299 e. The van der Waals surface area contributed by atoms with Gasteiger partial charge in [-0.1, -0.05) is 16.4 Å². The summed E-state index contributed by atoms with van der Waals surface area (Å²) in [6, 6.07) is 4.47. The Labute approximate surface area is 109 Å². The average molecular weight is 262 g/mol. The molecule has 0 aromatic carbocycles. The van der Waals surface area contributed by atoms with E-state index in [2.05, 4.69) is 20.5 Å². The number of pyridine rings is 1. The van der Waals surface area contributed by atoms with Gasteiger partial charge in [-0.3, -0.25) is 4.98 Å². The number of rotatable bonds is 5. The molecule has 6 heteroatoms. The molecule has 2 aromatic rings. The van der Waals surface area contributed by atoms with Crippen LogP contribution in [0.5, 0.6) is 10.9 Å². The van der Waals surface area contributed by atoms with Crippen LogP contribution in [0.3, 0.4) is 0 Å². The molecule has 0 spiro atoms. The van der Waals surface area contributed by atoms with Crippen LogP contribution in [0.4, 0.5) is 0 Å². The highest BCUT2D eigenvalue weighted by atomic mass is 32.1. The molecule has 3 rings (SSSR count). The number of hydrogen-bond acceptors (Lipinski definition) is 6. The Bertz CT molecular complexity index is 521. The highest BCUT2D eigenvalue weighted by Gasteiger charge is 2.20. The van der Waals surface area contributed by atoms with Crippen LogP contribution in [0.15, 0.2) is 18.3 Å². The lowest BCUT2D eigenvalue weighted by Crippen LogP contribution is -2.14. The van der Waals surface area contributed by atoms with Gasteiger partial charge in [-0.15, -0.1) is 5.10 Å². The van der Waals surface area contributed by atoms with Crippen molar-refractivity contribution >= 4 is 11.3 Å². The first-order valence-corrected chi connectivity index (χ1v) is 6.77. The van der Waals surface area contributed by atoms with Crippen molar-refractivity contribution < 1.29 is 4.74 Å². The zero-order valence-corrected chi connectivity index (χ0v) is 10.9.